The highest BCUT2D eigenvalue weighted by Gasteiger charge is 2.27. The lowest BCUT2D eigenvalue weighted by atomic mass is 10.2. The predicted octanol–water partition coefficient (Wildman–Crippen LogP) is 1.79. The van der Waals surface area contributed by atoms with Crippen molar-refractivity contribution in [2.75, 3.05) is 30.9 Å². The Hall–Kier alpha value is -4.51. The molecule has 0 aliphatic carbocycles. The normalized spacial score (nSPS) is 10.9. The van der Waals surface area contributed by atoms with E-state index in [1.165, 1.54) is 46.8 Å². The summed E-state index contributed by atoms with van der Waals surface area (Å²) >= 11 is 0. The number of nitrogens with one attached hydrogen (secondary N) is 1. The lowest BCUT2D eigenvalue weighted by Gasteiger charge is -2.23. The van der Waals surface area contributed by atoms with Crippen LogP contribution in [0.4, 0.5) is 15.9 Å². The van der Waals surface area contributed by atoms with Gasteiger partial charge in [-0.2, -0.15) is 5.10 Å². The second-order valence-electron chi connectivity index (χ2n) is 7.64. The Kier molecular flexibility index (Phi) is 6.88. The second-order valence-corrected chi connectivity index (χ2v) is 7.64. The maximum atomic E-state index is 13.6. The van der Waals surface area contributed by atoms with E-state index in [0.29, 0.717) is 5.69 Å². The highest BCUT2D eigenvalue weighted by molar-refractivity contribution is 6.06. The first-order valence-electron chi connectivity index (χ1n) is 10.7. The molecule has 0 atom stereocenters. The topological polar surface area (TPSA) is 128 Å². The average molecular weight is 478 g/mol. The molecule has 0 unspecified atom stereocenters. The smallest absolute Gasteiger partial charge is 0.330 e. The van der Waals surface area contributed by atoms with E-state index >= 15 is 0 Å². The first-order valence-corrected chi connectivity index (χ1v) is 10.7. The Balaban J connectivity index is 1.75. The highest BCUT2D eigenvalue weighted by Crippen LogP contribution is 2.20. The van der Waals surface area contributed by atoms with Gasteiger partial charge in [0.25, 0.3) is 11.5 Å². The molecule has 0 bridgehead atoms. The van der Waals surface area contributed by atoms with Crippen LogP contribution in [0.3, 0.4) is 0 Å². The Labute approximate surface area is 199 Å². The van der Waals surface area contributed by atoms with Crippen LogP contribution in [0.1, 0.15) is 16.1 Å². The third kappa shape index (κ3) is 5.04. The number of hydrogen-bond donors (Lipinski definition) is 2. The summed E-state index contributed by atoms with van der Waals surface area (Å²) in [5.74, 6) is -1.26. The Morgan fingerprint density at radius 1 is 1.14 bits per heavy atom. The molecule has 4 aromatic rings. The first-order chi connectivity index (χ1) is 16.9. The van der Waals surface area contributed by atoms with Crippen molar-refractivity contribution < 1.29 is 13.9 Å². The van der Waals surface area contributed by atoms with E-state index in [0.717, 1.165) is 10.5 Å². The van der Waals surface area contributed by atoms with Gasteiger partial charge in [0.05, 0.1) is 18.8 Å². The molecule has 0 aliphatic heterocycles. The zero-order valence-electron chi connectivity index (χ0n) is 18.8. The number of hydrogen-bond acceptors (Lipinski definition) is 6. The molecule has 4 rings (SSSR count). The number of nitrogens with zero attached hydrogens (tertiary/aromatic N) is 4. The quantitative estimate of drug-likeness (QED) is 0.397. The molecule has 0 spiro atoms. The van der Waals surface area contributed by atoms with Gasteiger partial charge in [0, 0.05) is 19.9 Å². The predicted molar refractivity (Wildman–Crippen MR) is 128 cm³/mol. The number of halogens is 1. The third-order valence-electron chi connectivity index (χ3n) is 5.31. The molecule has 180 valence electrons. The standard InChI is InChI=1S/C24H23FN6O4/c1-35-13-12-29(23(33)19-10-11-31(28-19)18-9-5-8-17(25)14-18)20-21(26)30(24(34)27-22(20)32)15-16-6-3-2-4-7-16/h2-11,14H,12-13,15,26H2,1H3,(H,27,32,34). The minimum absolute atomic E-state index is 0.00928. The van der Waals surface area contributed by atoms with Crippen LogP contribution in [0.25, 0.3) is 5.69 Å². The molecular weight excluding hydrogens is 455 g/mol. The molecule has 1 amide bonds. The van der Waals surface area contributed by atoms with Gasteiger partial charge in [-0.1, -0.05) is 36.4 Å². The molecule has 2 aromatic heterocycles. The second kappa shape index (κ2) is 10.2. The molecule has 0 fully saturated rings. The van der Waals surface area contributed by atoms with E-state index < -0.39 is 23.0 Å². The fraction of sp³-hybridized carbons (Fsp3) is 0.167. The van der Waals surface area contributed by atoms with Crippen LogP contribution >= 0.6 is 0 Å². The number of benzene rings is 2. The Bertz CT molecular complexity index is 1460. The monoisotopic (exact) mass is 478 g/mol. The molecule has 0 radical (unpaired) electrons. The average Bonchev–Trinajstić information content (AvgIpc) is 3.34. The molecule has 2 heterocycles. The zero-order valence-corrected chi connectivity index (χ0v) is 18.8. The summed E-state index contributed by atoms with van der Waals surface area (Å²) in [4.78, 5) is 42.2. The van der Waals surface area contributed by atoms with Gasteiger partial charge in [-0.15, -0.1) is 0 Å². The molecule has 2 aromatic carbocycles. The van der Waals surface area contributed by atoms with Crippen molar-refractivity contribution in [3.8, 4) is 5.69 Å². The van der Waals surface area contributed by atoms with E-state index in [2.05, 4.69) is 10.1 Å². The van der Waals surface area contributed by atoms with Crippen LogP contribution in [-0.2, 0) is 11.3 Å². The van der Waals surface area contributed by atoms with Crippen molar-refractivity contribution in [3.05, 3.63) is 105 Å². The molecule has 0 aliphatic rings. The third-order valence-corrected chi connectivity index (χ3v) is 5.31. The van der Waals surface area contributed by atoms with E-state index in [4.69, 9.17) is 10.5 Å². The molecular formula is C24H23FN6O4. The summed E-state index contributed by atoms with van der Waals surface area (Å²) in [6.07, 6.45) is 1.50. The number of rotatable bonds is 8. The van der Waals surface area contributed by atoms with Gasteiger partial charge in [-0.05, 0) is 29.8 Å². The minimum Gasteiger partial charge on any atom is -0.383 e. The van der Waals surface area contributed by atoms with Gasteiger partial charge in [-0.25, -0.2) is 13.9 Å². The van der Waals surface area contributed by atoms with Crippen LogP contribution in [0.2, 0.25) is 0 Å². The lowest BCUT2D eigenvalue weighted by Crippen LogP contribution is -2.42. The maximum absolute atomic E-state index is 13.6. The van der Waals surface area contributed by atoms with Gasteiger partial charge in [0.15, 0.2) is 11.4 Å². The minimum atomic E-state index is -0.814. The summed E-state index contributed by atoms with van der Waals surface area (Å²) in [6, 6.07) is 16.2. The number of anilines is 2. The molecule has 0 saturated heterocycles. The molecule has 3 N–H and O–H groups in total. The van der Waals surface area contributed by atoms with Crippen LogP contribution in [-0.4, -0.2) is 45.5 Å². The van der Waals surface area contributed by atoms with Crippen LogP contribution < -0.4 is 21.9 Å². The summed E-state index contributed by atoms with van der Waals surface area (Å²) < 4.78 is 21.3. The van der Waals surface area contributed by atoms with E-state index in [9.17, 15) is 18.8 Å². The highest BCUT2D eigenvalue weighted by atomic mass is 19.1. The number of amides is 1. The zero-order chi connectivity index (χ0) is 24.9. The number of aromatic amines is 1. The van der Waals surface area contributed by atoms with Gasteiger partial charge in [0.1, 0.15) is 11.6 Å². The van der Waals surface area contributed by atoms with Crippen molar-refractivity contribution in [3.63, 3.8) is 0 Å². The number of nitrogens with two attached hydrogens (primary N) is 1. The van der Waals surface area contributed by atoms with Crippen LogP contribution in [0.5, 0.6) is 0 Å². The largest absolute Gasteiger partial charge is 0.383 e. The Morgan fingerprint density at radius 3 is 2.63 bits per heavy atom. The van der Waals surface area contributed by atoms with Gasteiger partial charge in [-0.3, -0.25) is 24.0 Å². The van der Waals surface area contributed by atoms with Crippen molar-refractivity contribution >= 4 is 17.4 Å². The van der Waals surface area contributed by atoms with E-state index in [1.807, 2.05) is 30.3 Å². The number of carbonyl (C=O) groups excluding carboxylic acids is 1. The summed E-state index contributed by atoms with van der Waals surface area (Å²) in [5, 5.41) is 4.24. The number of H-pyrrole nitrogens is 1. The maximum Gasteiger partial charge on any atom is 0.330 e. The number of methoxy groups -OCH3 is 1. The molecule has 10 nitrogen and oxygen atoms in total. The molecule has 0 saturated carbocycles. The van der Waals surface area contributed by atoms with Crippen LogP contribution in [0.15, 0.2) is 76.4 Å². The number of nitrogen functional groups attached to an aromatic ring is 1. The number of aromatic nitrogens is 4. The van der Waals surface area contributed by atoms with Crippen molar-refractivity contribution in [2.24, 2.45) is 0 Å². The summed E-state index contributed by atoms with van der Waals surface area (Å²) in [7, 11) is 1.45. The molecule has 35 heavy (non-hydrogen) atoms. The van der Waals surface area contributed by atoms with Crippen molar-refractivity contribution in [2.45, 2.75) is 6.54 Å². The van der Waals surface area contributed by atoms with Crippen molar-refractivity contribution in [1.82, 2.24) is 19.3 Å². The van der Waals surface area contributed by atoms with Crippen molar-refractivity contribution in [1.29, 1.82) is 0 Å². The van der Waals surface area contributed by atoms with E-state index in [-0.39, 0.29) is 36.9 Å². The summed E-state index contributed by atoms with van der Waals surface area (Å²) in [6.45, 7) is 0.155. The fourth-order valence-electron chi connectivity index (χ4n) is 3.60. The summed E-state index contributed by atoms with van der Waals surface area (Å²) in [5.41, 5.74) is 5.76. The van der Waals surface area contributed by atoms with Gasteiger partial charge < -0.3 is 10.5 Å². The fourth-order valence-corrected chi connectivity index (χ4v) is 3.60. The SMILES string of the molecule is COCCN(C(=O)c1ccn(-c2cccc(F)c2)n1)c1c(N)n(Cc2ccccc2)c(=O)[nH]c1=O. The number of ether oxygens (including phenoxy) is 1. The molecule has 11 heteroatoms. The first kappa shape index (κ1) is 23.6. The number of carbonyl (C=O) groups is 1. The van der Waals surface area contributed by atoms with Crippen LogP contribution in [0, 0.1) is 5.82 Å². The van der Waals surface area contributed by atoms with Gasteiger partial charge in [0.2, 0.25) is 0 Å². The van der Waals surface area contributed by atoms with Gasteiger partial charge >= 0.3 is 5.69 Å². The Morgan fingerprint density at radius 2 is 1.91 bits per heavy atom. The van der Waals surface area contributed by atoms with E-state index in [1.54, 1.807) is 6.07 Å². The lowest BCUT2D eigenvalue weighted by molar-refractivity contribution is 0.0970.